The first-order chi connectivity index (χ1) is 12.9. The molecule has 0 saturated carbocycles. The number of nitrogens with zero attached hydrogens (tertiary/aromatic N) is 3. The number of hydrogen-bond donors (Lipinski definition) is 0. The van der Waals surface area contributed by atoms with Gasteiger partial charge in [0.05, 0.1) is 19.1 Å². The number of rotatable bonds is 6. The van der Waals surface area contributed by atoms with Crippen LogP contribution in [0.4, 0.5) is 0 Å². The van der Waals surface area contributed by atoms with E-state index in [0.717, 1.165) is 0 Å². The molecule has 0 bridgehead atoms. The van der Waals surface area contributed by atoms with E-state index in [9.17, 15) is 8.42 Å². The first-order valence-electron chi connectivity index (χ1n) is 8.62. The molecular weight excluding hydrogens is 370 g/mol. The molecule has 0 radical (unpaired) electrons. The molecule has 0 atom stereocenters. The van der Waals surface area contributed by atoms with Gasteiger partial charge in [0, 0.05) is 31.4 Å². The molecule has 2 aromatic rings. The fraction of sp³-hybridized carbons (Fsp3) is 0.444. The number of aromatic nitrogens is 2. The molecule has 1 aromatic heterocycles. The molecule has 1 aliphatic rings. The van der Waals surface area contributed by atoms with Crippen LogP contribution >= 0.6 is 0 Å². The van der Waals surface area contributed by atoms with Crippen molar-refractivity contribution >= 4 is 10.0 Å². The Morgan fingerprint density at radius 2 is 1.78 bits per heavy atom. The highest BCUT2D eigenvalue weighted by atomic mass is 32.2. The van der Waals surface area contributed by atoms with Crippen LogP contribution in [0.1, 0.15) is 18.7 Å². The highest BCUT2D eigenvalue weighted by Gasteiger charge is 2.31. The molecule has 0 unspecified atom stereocenters. The van der Waals surface area contributed by atoms with E-state index in [2.05, 4.69) is 9.97 Å². The van der Waals surface area contributed by atoms with Crippen LogP contribution in [0.25, 0.3) is 0 Å². The number of methoxy groups -OCH3 is 2. The molecule has 3 rings (SSSR count). The quantitative estimate of drug-likeness (QED) is 0.742. The number of sulfonamides is 1. The summed E-state index contributed by atoms with van der Waals surface area (Å²) in [5, 5.41) is 0. The molecule has 0 N–H and O–H groups in total. The van der Waals surface area contributed by atoms with Gasteiger partial charge in [-0.15, -0.1) is 0 Å². The van der Waals surface area contributed by atoms with Gasteiger partial charge in [-0.25, -0.2) is 13.4 Å². The van der Waals surface area contributed by atoms with Gasteiger partial charge in [-0.1, -0.05) is 0 Å². The third kappa shape index (κ3) is 4.30. The highest BCUT2D eigenvalue weighted by Crippen LogP contribution is 2.31. The topological polar surface area (TPSA) is 90.9 Å². The van der Waals surface area contributed by atoms with Gasteiger partial charge in [0.25, 0.3) is 0 Å². The van der Waals surface area contributed by atoms with E-state index in [-0.39, 0.29) is 11.0 Å². The predicted molar refractivity (Wildman–Crippen MR) is 98.7 cm³/mol. The molecule has 0 amide bonds. The van der Waals surface area contributed by atoms with Gasteiger partial charge in [-0.3, -0.25) is 0 Å². The van der Waals surface area contributed by atoms with Crippen LogP contribution < -0.4 is 14.2 Å². The average molecular weight is 393 g/mol. The minimum Gasteiger partial charge on any atom is -0.493 e. The monoisotopic (exact) mass is 393 g/mol. The van der Waals surface area contributed by atoms with Crippen molar-refractivity contribution in [2.45, 2.75) is 30.8 Å². The fourth-order valence-corrected chi connectivity index (χ4v) is 4.47. The summed E-state index contributed by atoms with van der Waals surface area (Å²) in [6, 6.07) is 6.32. The Hall–Kier alpha value is -2.39. The van der Waals surface area contributed by atoms with E-state index in [4.69, 9.17) is 14.2 Å². The van der Waals surface area contributed by atoms with Crippen molar-refractivity contribution in [2.24, 2.45) is 0 Å². The van der Waals surface area contributed by atoms with Crippen molar-refractivity contribution in [1.82, 2.24) is 14.3 Å². The standard InChI is InChI=1S/C18H23N3O5S/c1-13-19-9-6-18(20-13)26-14-7-10-21(11-8-14)27(22,23)15-4-5-16(24-2)17(12-15)25-3/h4-6,9,12,14H,7-8,10-11H2,1-3H3. The van der Waals surface area contributed by atoms with E-state index in [0.29, 0.717) is 49.1 Å². The SMILES string of the molecule is COc1ccc(S(=O)(=O)N2CCC(Oc3ccnc(C)n3)CC2)cc1OC. The smallest absolute Gasteiger partial charge is 0.243 e. The summed E-state index contributed by atoms with van der Waals surface area (Å²) in [6.45, 7) is 2.56. The van der Waals surface area contributed by atoms with Crippen molar-refractivity contribution < 1.29 is 22.6 Å². The summed E-state index contributed by atoms with van der Waals surface area (Å²) in [4.78, 5) is 8.45. The van der Waals surface area contributed by atoms with E-state index in [1.54, 1.807) is 25.3 Å². The number of piperidine rings is 1. The maximum atomic E-state index is 12.9. The molecule has 0 spiro atoms. The molecule has 0 aliphatic carbocycles. The second-order valence-corrected chi connectivity index (χ2v) is 8.12. The highest BCUT2D eigenvalue weighted by molar-refractivity contribution is 7.89. The second-order valence-electron chi connectivity index (χ2n) is 6.18. The molecule has 1 fully saturated rings. The van der Waals surface area contributed by atoms with Crippen molar-refractivity contribution in [3.05, 3.63) is 36.3 Å². The lowest BCUT2D eigenvalue weighted by Crippen LogP contribution is -2.41. The van der Waals surface area contributed by atoms with Crippen LogP contribution in [-0.2, 0) is 10.0 Å². The van der Waals surface area contributed by atoms with Crippen LogP contribution in [0.15, 0.2) is 35.4 Å². The molecule has 1 aromatic carbocycles. The molecule has 9 heteroatoms. The lowest BCUT2D eigenvalue weighted by atomic mass is 10.1. The van der Waals surface area contributed by atoms with E-state index in [1.165, 1.54) is 30.7 Å². The molecular formula is C18H23N3O5S. The molecule has 8 nitrogen and oxygen atoms in total. The predicted octanol–water partition coefficient (Wildman–Crippen LogP) is 2.03. The molecule has 27 heavy (non-hydrogen) atoms. The van der Waals surface area contributed by atoms with Crippen molar-refractivity contribution in [3.8, 4) is 17.4 Å². The normalized spacial score (nSPS) is 16.1. The summed E-state index contributed by atoms with van der Waals surface area (Å²) < 4.78 is 43.6. The lowest BCUT2D eigenvalue weighted by Gasteiger charge is -2.31. The first kappa shape index (κ1) is 19.4. The molecule has 146 valence electrons. The summed E-state index contributed by atoms with van der Waals surface area (Å²) in [5.41, 5.74) is 0. The minimum absolute atomic E-state index is 0.0730. The maximum Gasteiger partial charge on any atom is 0.243 e. The van der Waals surface area contributed by atoms with E-state index < -0.39 is 10.0 Å². The molecule has 1 aliphatic heterocycles. The second kappa shape index (κ2) is 8.10. The van der Waals surface area contributed by atoms with Crippen LogP contribution in [0, 0.1) is 6.92 Å². The van der Waals surface area contributed by atoms with Gasteiger partial charge < -0.3 is 14.2 Å². The van der Waals surface area contributed by atoms with Crippen molar-refractivity contribution in [2.75, 3.05) is 27.3 Å². The Morgan fingerprint density at radius 3 is 2.41 bits per heavy atom. The molecule has 1 saturated heterocycles. The van der Waals surface area contributed by atoms with Gasteiger partial charge in [-0.2, -0.15) is 9.29 Å². The summed E-state index contributed by atoms with van der Waals surface area (Å²) >= 11 is 0. The zero-order chi connectivity index (χ0) is 19.4. The van der Waals surface area contributed by atoms with Crippen LogP contribution in [0.3, 0.4) is 0 Å². The van der Waals surface area contributed by atoms with Crippen LogP contribution in [0.2, 0.25) is 0 Å². The number of hydrogen-bond acceptors (Lipinski definition) is 7. The van der Waals surface area contributed by atoms with E-state index in [1.807, 2.05) is 0 Å². The van der Waals surface area contributed by atoms with Crippen molar-refractivity contribution in [1.29, 1.82) is 0 Å². The summed E-state index contributed by atoms with van der Waals surface area (Å²) in [7, 11) is -0.618. The van der Waals surface area contributed by atoms with E-state index >= 15 is 0 Å². The Bertz CT molecular complexity index is 896. The average Bonchev–Trinajstić information content (AvgIpc) is 2.68. The van der Waals surface area contributed by atoms with Crippen molar-refractivity contribution in [3.63, 3.8) is 0 Å². The number of benzene rings is 1. The maximum absolute atomic E-state index is 12.9. The van der Waals surface area contributed by atoms with Crippen LogP contribution in [0.5, 0.6) is 17.4 Å². The van der Waals surface area contributed by atoms with Crippen LogP contribution in [-0.4, -0.2) is 56.1 Å². The fourth-order valence-electron chi connectivity index (χ4n) is 2.99. The number of ether oxygens (including phenoxy) is 3. The lowest BCUT2D eigenvalue weighted by molar-refractivity contribution is 0.129. The van der Waals surface area contributed by atoms with Gasteiger partial charge in [-0.05, 0) is 31.9 Å². The summed E-state index contributed by atoms with van der Waals surface area (Å²) in [6.07, 6.45) is 2.76. The first-order valence-corrected chi connectivity index (χ1v) is 10.1. The zero-order valence-corrected chi connectivity index (χ0v) is 16.4. The Kier molecular flexibility index (Phi) is 5.81. The Balaban J connectivity index is 1.67. The Labute approximate surface area is 159 Å². The third-order valence-corrected chi connectivity index (χ3v) is 6.33. The van der Waals surface area contributed by atoms with Gasteiger partial charge in [0.1, 0.15) is 11.9 Å². The number of aryl methyl sites for hydroxylation is 1. The molecule has 2 heterocycles. The van der Waals surface area contributed by atoms with Gasteiger partial charge in [0.15, 0.2) is 11.5 Å². The minimum atomic E-state index is -3.61. The van der Waals surface area contributed by atoms with Gasteiger partial charge >= 0.3 is 0 Å². The zero-order valence-electron chi connectivity index (χ0n) is 15.6. The van der Waals surface area contributed by atoms with Gasteiger partial charge in [0.2, 0.25) is 15.9 Å². The Morgan fingerprint density at radius 1 is 1.07 bits per heavy atom. The third-order valence-electron chi connectivity index (χ3n) is 4.43. The largest absolute Gasteiger partial charge is 0.493 e. The summed E-state index contributed by atoms with van der Waals surface area (Å²) in [5.74, 6) is 2.03.